The molecule has 4 nitrogen and oxygen atoms in total. The molecule has 0 amide bonds. The quantitative estimate of drug-likeness (QED) is 0.559. The number of ether oxygens (including phenoxy) is 1. The van der Waals surface area contributed by atoms with Gasteiger partial charge in [0.25, 0.3) is 5.72 Å². The average Bonchev–Trinajstić information content (AvgIpc) is 2.22. The Morgan fingerprint density at radius 1 is 1.39 bits per heavy atom. The summed E-state index contributed by atoms with van der Waals surface area (Å²) in [5.41, 5.74) is -0.425. The maximum absolute atomic E-state index is 11.5. The lowest BCUT2D eigenvalue weighted by atomic mass is 9.80. The van der Waals surface area contributed by atoms with Gasteiger partial charge in [0.05, 0.1) is 18.0 Å². The SMILES string of the molecule is CC(=O)OC1([N+]2(C(C)(C)C)C=CN=CC2)CCC1. The second kappa shape index (κ2) is 4.19. The van der Waals surface area contributed by atoms with Crippen molar-refractivity contribution in [3.63, 3.8) is 0 Å². The van der Waals surface area contributed by atoms with Gasteiger partial charge in [-0.05, 0) is 27.2 Å². The van der Waals surface area contributed by atoms with Crippen molar-refractivity contribution in [2.24, 2.45) is 4.99 Å². The summed E-state index contributed by atoms with van der Waals surface area (Å²) >= 11 is 0. The number of nitrogens with zero attached hydrogens (tertiary/aromatic N) is 2. The third-order valence-corrected chi connectivity index (χ3v) is 4.28. The molecule has 4 heteroatoms. The standard InChI is InChI=1S/C14H23N2O2/c1-12(17)18-14(6-5-7-14)16(13(2,3)4)10-8-15-9-11-16/h8-10H,5-7,11H2,1-4H3/q+1. The molecule has 1 fully saturated rings. The van der Waals surface area contributed by atoms with Crippen molar-refractivity contribution < 1.29 is 14.0 Å². The Morgan fingerprint density at radius 2 is 2.06 bits per heavy atom. The molecule has 1 aliphatic heterocycles. The van der Waals surface area contributed by atoms with Crippen molar-refractivity contribution in [1.82, 2.24) is 0 Å². The summed E-state index contributed by atoms with van der Waals surface area (Å²) in [5.74, 6) is -0.188. The summed E-state index contributed by atoms with van der Waals surface area (Å²) < 4.78 is 6.42. The summed E-state index contributed by atoms with van der Waals surface area (Å²) in [6.07, 6.45) is 8.84. The highest BCUT2D eigenvalue weighted by molar-refractivity contribution is 5.66. The predicted molar refractivity (Wildman–Crippen MR) is 70.9 cm³/mol. The lowest BCUT2D eigenvalue weighted by Crippen LogP contribution is -2.74. The van der Waals surface area contributed by atoms with Crippen LogP contribution in [0.15, 0.2) is 17.4 Å². The van der Waals surface area contributed by atoms with Gasteiger partial charge in [0.15, 0.2) is 0 Å². The van der Waals surface area contributed by atoms with Gasteiger partial charge in [-0.1, -0.05) is 0 Å². The van der Waals surface area contributed by atoms with E-state index in [1.807, 2.05) is 12.4 Å². The third kappa shape index (κ3) is 1.79. The molecule has 0 aromatic heterocycles. The summed E-state index contributed by atoms with van der Waals surface area (Å²) in [7, 11) is 0. The molecule has 2 aliphatic rings. The first kappa shape index (κ1) is 13.3. The Morgan fingerprint density at radius 3 is 2.39 bits per heavy atom. The summed E-state index contributed by atoms with van der Waals surface area (Å²) in [4.78, 5) is 15.6. The second-order valence-corrected chi connectivity index (χ2v) is 6.25. The maximum atomic E-state index is 11.5. The van der Waals surface area contributed by atoms with Crippen LogP contribution in [-0.4, -0.2) is 34.5 Å². The van der Waals surface area contributed by atoms with E-state index in [4.69, 9.17) is 4.74 Å². The summed E-state index contributed by atoms with van der Waals surface area (Å²) in [5, 5.41) is 0. The molecule has 0 bridgehead atoms. The van der Waals surface area contributed by atoms with Crippen LogP contribution >= 0.6 is 0 Å². The fourth-order valence-corrected chi connectivity index (χ4v) is 3.19. The number of rotatable bonds is 2. The predicted octanol–water partition coefficient (Wildman–Crippen LogP) is 2.60. The van der Waals surface area contributed by atoms with E-state index in [1.54, 1.807) is 0 Å². The van der Waals surface area contributed by atoms with Crippen LogP contribution in [0, 0.1) is 0 Å². The fourth-order valence-electron chi connectivity index (χ4n) is 3.19. The monoisotopic (exact) mass is 251 g/mol. The first-order valence-corrected chi connectivity index (χ1v) is 6.60. The molecular formula is C14H23N2O2+. The Kier molecular flexibility index (Phi) is 3.09. The van der Waals surface area contributed by atoms with Gasteiger partial charge in [0.2, 0.25) is 0 Å². The van der Waals surface area contributed by atoms with Crippen LogP contribution in [0.1, 0.15) is 47.0 Å². The Bertz CT molecular complexity index is 403. The molecule has 1 heterocycles. The van der Waals surface area contributed by atoms with E-state index in [2.05, 4.69) is 32.0 Å². The van der Waals surface area contributed by atoms with Gasteiger partial charge in [0, 0.05) is 19.8 Å². The Hall–Kier alpha value is -1.16. The van der Waals surface area contributed by atoms with Crippen molar-refractivity contribution in [3.8, 4) is 0 Å². The van der Waals surface area contributed by atoms with Gasteiger partial charge < -0.3 is 4.74 Å². The minimum Gasteiger partial charge on any atom is -0.410 e. The van der Waals surface area contributed by atoms with Crippen molar-refractivity contribution >= 4 is 12.2 Å². The molecule has 1 atom stereocenters. The van der Waals surface area contributed by atoms with Crippen LogP contribution in [0.3, 0.4) is 0 Å². The zero-order valence-corrected chi connectivity index (χ0v) is 11.8. The van der Waals surface area contributed by atoms with Crippen LogP contribution in [0.25, 0.3) is 0 Å². The van der Waals surface area contributed by atoms with Crippen LogP contribution in [0.4, 0.5) is 0 Å². The van der Waals surface area contributed by atoms with Crippen LogP contribution < -0.4 is 0 Å². The molecule has 0 aromatic rings. The summed E-state index contributed by atoms with van der Waals surface area (Å²) in [6, 6.07) is 0. The number of esters is 1. The number of hydrogen-bond donors (Lipinski definition) is 0. The number of quaternary nitrogens is 1. The van der Waals surface area contributed by atoms with E-state index < -0.39 is 5.72 Å². The minimum atomic E-state index is -0.396. The van der Waals surface area contributed by atoms with E-state index in [0.29, 0.717) is 4.48 Å². The molecule has 0 radical (unpaired) electrons. The molecule has 1 aliphatic carbocycles. The van der Waals surface area contributed by atoms with Gasteiger partial charge in [-0.3, -0.25) is 9.79 Å². The molecule has 1 saturated carbocycles. The molecule has 0 saturated heterocycles. The Balaban J connectivity index is 2.43. The third-order valence-electron chi connectivity index (χ3n) is 4.28. The topological polar surface area (TPSA) is 38.7 Å². The first-order chi connectivity index (χ1) is 8.33. The Labute approximate surface area is 109 Å². The average molecular weight is 251 g/mol. The highest BCUT2D eigenvalue weighted by atomic mass is 16.6. The van der Waals surface area contributed by atoms with E-state index in [0.717, 1.165) is 25.8 Å². The van der Waals surface area contributed by atoms with E-state index in [-0.39, 0.29) is 11.5 Å². The first-order valence-electron chi connectivity index (χ1n) is 6.60. The molecule has 0 spiro atoms. The molecule has 0 N–H and O–H groups in total. The van der Waals surface area contributed by atoms with Gasteiger partial charge in [-0.2, -0.15) is 0 Å². The van der Waals surface area contributed by atoms with Crippen molar-refractivity contribution in [2.45, 2.75) is 58.2 Å². The minimum absolute atomic E-state index is 0.0290. The van der Waals surface area contributed by atoms with E-state index in [1.165, 1.54) is 6.92 Å². The second-order valence-electron chi connectivity index (χ2n) is 6.25. The highest BCUT2D eigenvalue weighted by Gasteiger charge is 2.62. The molecular weight excluding hydrogens is 228 g/mol. The maximum Gasteiger partial charge on any atom is 0.307 e. The van der Waals surface area contributed by atoms with Gasteiger partial charge in [-0.25, -0.2) is 4.48 Å². The highest BCUT2D eigenvalue weighted by Crippen LogP contribution is 2.49. The molecule has 2 rings (SSSR count). The van der Waals surface area contributed by atoms with Crippen LogP contribution in [0.2, 0.25) is 0 Å². The molecule has 0 aromatic carbocycles. The van der Waals surface area contributed by atoms with Gasteiger partial charge in [-0.15, -0.1) is 0 Å². The van der Waals surface area contributed by atoms with Crippen molar-refractivity contribution in [1.29, 1.82) is 0 Å². The lowest BCUT2D eigenvalue weighted by Gasteiger charge is -2.59. The molecule has 1 unspecified atom stereocenters. The normalized spacial score (nSPS) is 29.8. The summed E-state index contributed by atoms with van der Waals surface area (Å²) in [6.45, 7) is 8.87. The zero-order valence-electron chi connectivity index (χ0n) is 11.8. The number of carbonyl (C=O) groups is 1. The smallest absolute Gasteiger partial charge is 0.307 e. The number of aliphatic imine (C=N–C) groups is 1. The van der Waals surface area contributed by atoms with E-state index in [9.17, 15) is 4.79 Å². The van der Waals surface area contributed by atoms with Crippen LogP contribution in [0.5, 0.6) is 0 Å². The van der Waals surface area contributed by atoms with Crippen LogP contribution in [-0.2, 0) is 9.53 Å². The molecule has 100 valence electrons. The van der Waals surface area contributed by atoms with E-state index >= 15 is 0 Å². The molecule has 18 heavy (non-hydrogen) atoms. The fraction of sp³-hybridized carbons (Fsp3) is 0.714. The van der Waals surface area contributed by atoms with Crippen molar-refractivity contribution in [3.05, 3.63) is 12.4 Å². The number of carbonyl (C=O) groups excluding carboxylic acids is 1. The lowest BCUT2D eigenvalue weighted by molar-refractivity contribution is -0.993. The number of hydrogen-bond acceptors (Lipinski definition) is 3. The van der Waals surface area contributed by atoms with Gasteiger partial charge >= 0.3 is 5.97 Å². The van der Waals surface area contributed by atoms with Crippen molar-refractivity contribution in [2.75, 3.05) is 6.54 Å². The largest absolute Gasteiger partial charge is 0.410 e. The zero-order chi connectivity index (χ0) is 13.4. The van der Waals surface area contributed by atoms with Gasteiger partial charge in [0.1, 0.15) is 12.7 Å².